The summed E-state index contributed by atoms with van der Waals surface area (Å²) in [5.74, 6) is 0.692. The minimum atomic E-state index is 0.692. The van der Waals surface area contributed by atoms with E-state index < -0.39 is 0 Å². The molecule has 0 saturated carbocycles. The van der Waals surface area contributed by atoms with Crippen molar-refractivity contribution in [2.24, 2.45) is 0 Å². The van der Waals surface area contributed by atoms with Gasteiger partial charge in [0.05, 0.1) is 33.3 Å². The summed E-state index contributed by atoms with van der Waals surface area (Å²) in [4.78, 5) is 10.2. The maximum Gasteiger partial charge on any atom is 0.160 e. The highest BCUT2D eigenvalue weighted by molar-refractivity contribution is 6.10. The van der Waals surface area contributed by atoms with Crippen LogP contribution in [-0.4, -0.2) is 19.1 Å². The lowest BCUT2D eigenvalue weighted by Gasteiger charge is -2.12. The Morgan fingerprint density at radius 3 is 1.87 bits per heavy atom. The molecule has 0 amide bonds. The van der Waals surface area contributed by atoms with Gasteiger partial charge in [-0.15, -0.1) is 0 Å². The molecule has 0 atom stereocenters. The van der Waals surface area contributed by atoms with E-state index in [1.165, 1.54) is 38.1 Å². The molecule has 0 fully saturated rings. The smallest absolute Gasteiger partial charge is 0.160 e. The van der Waals surface area contributed by atoms with Gasteiger partial charge in [0.15, 0.2) is 5.82 Å². The standard InChI is InChI=1S/C57H40N4/c1-38(43-31-33-54-49(36-43)48-27-14-15-28-53(48)60(54)45-23-10-5-11-24-45)29-32-52-39(2)56-47-26-13-12-17-40(47)30-34-55(56)61(52)46-25-16-22-44(35-46)51-37-50(41-18-6-3-7-19-41)58-57(59-51)42-20-8-4-9-21-42/h3-37H,2H2,1H3/b38-29+,52-32+. The molecular formula is C57H40N4. The van der Waals surface area contributed by atoms with Crippen LogP contribution >= 0.6 is 0 Å². The monoisotopic (exact) mass is 780 g/mol. The predicted octanol–water partition coefficient (Wildman–Crippen LogP) is 13.0. The third kappa shape index (κ3) is 6.33. The second kappa shape index (κ2) is 14.9. The molecule has 0 aliphatic rings. The van der Waals surface area contributed by atoms with Gasteiger partial charge in [0, 0.05) is 49.4 Å². The number of hydrogen-bond donors (Lipinski definition) is 0. The average Bonchev–Trinajstić information content (AvgIpc) is 3.82. The Morgan fingerprint density at radius 1 is 0.475 bits per heavy atom. The molecule has 4 heteroatoms. The van der Waals surface area contributed by atoms with Gasteiger partial charge in [-0.05, 0) is 89.5 Å². The second-order valence-electron chi connectivity index (χ2n) is 15.6. The molecule has 3 aromatic heterocycles. The zero-order chi connectivity index (χ0) is 40.9. The first kappa shape index (κ1) is 36.0. The summed E-state index contributed by atoms with van der Waals surface area (Å²) in [5, 5.41) is 8.01. The highest BCUT2D eigenvalue weighted by atomic mass is 15.0. The molecule has 61 heavy (non-hydrogen) atoms. The first-order valence-corrected chi connectivity index (χ1v) is 20.7. The highest BCUT2D eigenvalue weighted by Gasteiger charge is 2.16. The first-order valence-electron chi connectivity index (χ1n) is 20.7. The third-order valence-electron chi connectivity index (χ3n) is 11.9. The quantitative estimate of drug-likeness (QED) is 0.161. The van der Waals surface area contributed by atoms with Crippen molar-refractivity contribution in [2.75, 3.05) is 0 Å². The van der Waals surface area contributed by atoms with Crippen LogP contribution in [0, 0.1) is 0 Å². The Morgan fingerprint density at radius 2 is 1.08 bits per heavy atom. The van der Waals surface area contributed by atoms with Gasteiger partial charge in [-0.1, -0.05) is 158 Å². The van der Waals surface area contributed by atoms with Gasteiger partial charge >= 0.3 is 0 Å². The summed E-state index contributed by atoms with van der Waals surface area (Å²) in [6, 6.07) is 70.5. The third-order valence-corrected chi connectivity index (χ3v) is 11.9. The van der Waals surface area contributed by atoms with Gasteiger partial charge in [-0.25, -0.2) is 9.97 Å². The normalized spacial score (nSPS) is 12.3. The summed E-state index contributed by atoms with van der Waals surface area (Å²) in [7, 11) is 0. The SMILES string of the molecule is C=c1/c(=C\C=C(/C)c2ccc3c(c2)c2ccccc2n3-c2ccccc2)n(-c2cccc(-c3cc(-c4ccccc4)nc(-c4ccccc4)n3)c2)c2ccc3ccccc3c12. The van der Waals surface area contributed by atoms with Crippen LogP contribution in [0.25, 0.3) is 107 Å². The number of allylic oxidation sites excluding steroid dienone is 2. The molecule has 0 N–H and O–H groups in total. The van der Waals surface area contributed by atoms with E-state index in [1.54, 1.807) is 0 Å². The molecule has 3 heterocycles. The van der Waals surface area contributed by atoms with Crippen LogP contribution < -0.4 is 10.6 Å². The molecular weight excluding hydrogens is 741 g/mol. The van der Waals surface area contributed by atoms with Crippen LogP contribution in [0.2, 0.25) is 0 Å². The number of rotatable bonds is 7. The van der Waals surface area contributed by atoms with Crippen LogP contribution in [-0.2, 0) is 0 Å². The summed E-state index contributed by atoms with van der Waals surface area (Å²) in [6.45, 7) is 6.97. The van der Waals surface area contributed by atoms with Gasteiger partial charge in [-0.3, -0.25) is 0 Å². The molecule has 8 aromatic carbocycles. The van der Waals surface area contributed by atoms with Crippen molar-refractivity contribution in [2.45, 2.75) is 6.92 Å². The number of hydrogen-bond acceptors (Lipinski definition) is 2. The predicted molar refractivity (Wildman–Crippen MR) is 256 cm³/mol. The van der Waals surface area contributed by atoms with E-state index in [1.807, 2.05) is 36.4 Å². The lowest BCUT2D eigenvalue weighted by molar-refractivity contribution is 1.07. The summed E-state index contributed by atoms with van der Waals surface area (Å²) in [6.07, 6.45) is 4.48. The molecule has 0 spiro atoms. The maximum absolute atomic E-state index is 5.17. The van der Waals surface area contributed by atoms with E-state index in [0.717, 1.165) is 66.5 Å². The Bertz CT molecular complexity index is 3540. The number of para-hydroxylation sites is 2. The zero-order valence-corrected chi connectivity index (χ0v) is 33.7. The topological polar surface area (TPSA) is 35.6 Å². The fourth-order valence-electron chi connectivity index (χ4n) is 8.86. The van der Waals surface area contributed by atoms with Crippen molar-refractivity contribution in [1.82, 2.24) is 19.1 Å². The van der Waals surface area contributed by atoms with Crippen molar-refractivity contribution in [1.29, 1.82) is 0 Å². The van der Waals surface area contributed by atoms with Gasteiger partial charge < -0.3 is 9.13 Å². The number of benzene rings is 8. The molecule has 0 aliphatic heterocycles. The second-order valence-corrected chi connectivity index (χ2v) is 15.6. The van der Waals surface area contributed by atoms with E-state index in [2.05, 4.69) is 192 Å². The number of fused-ring (bicyclic) bond motifs is 6. The van der Waals surface area contributed by atoms with Crippen molar-refractivity contribution < 1.29 is 0 Å². The lowest BCUT2D eigenvalue weighted by Crippen LogP contribution is -2.27. The fraction of sp³-hybridized carbons (Fsp3) is 0.0175. The van der Waals surface area contributed by atoms with Gasteiger partial charge in [0.25, 0.3) is 0 Å². The Hall–Kier alpha value is -8.08. The minimum Gasteiger partial charge on any atom is -0.309 e. The van der Waals surface area contributed by atoms with Gasteiger partial charge in [0.1, 0.15) is 0 Å². The van der Waals surface area contributed by atoms with E-state index in [-0.39, 0.29) is 0 Å². The summed E-state index contributed by atoms with van der Waals surface area (Å²) >= 11 is 0. The number of nitrogens with zero attached hydrogens (tertiary/aromatic N) is 4. The Labute approximate surface area is 354 Å². The van der Waals surface area contributed by atoms with E-state index in [4.69, 9.17) is 16.5 Å². The molecule has 0 radical (unpaired) electrons. The van der Waals surface area contributed by atoms with E-state index in [9.17, 15) is 0 Å². The van der Waals surface area contributed by atoms with Crippen molar-refractivity contribution >= 4 is 61.7 Å². The van der Waals surface area contributed by atoms with Crippen molar-refractivity contribution in [3.8, 4) is 45.3 Å². The first-order chi connectivity index (χ1) is 30.1. The highest BCUT2D eigenvalue weighted by Crippen LogP contribution is 2.34. The van der Waals surface area contributed by atoms with E-state index in [0.29, 0.717) is 5.82 Å². The van der Waals surface area contributed by atoms with Crippen LogP contribution in [0.15, 0.2) is 206 Å². The fourth-order valence-corrected chi connectivity index (χ4v) is 8.86. The Balaban J connectivity index is 1.08. The van der Waals surface area contributed by atoms with Crippen LogP contribution in [0.1, 0.15) is 12.5 Å². The zero-order valence-electron chi connectivity index (χ0n) is 33.7. The van der Waals surface area contributed by atoms with Crippen LogP contribution in [0.4, 0.5) is 0 Å². The lowest BCUT2D eigenvalue weighted by atomic mass is 10.0. The molecule has 288 valence electrons. The molecule has 0 aliphatic carbocycles. The molecule has 0 saturated heterocycles. The molecule has 11 aromatic rings. The summed E-state index contributed by atoms with van der Waals surface area (Å²) < 4.78 is 4.71. The van der Waals surface area contributed by atoms with Crippen LogP contribution in [0.5, 0.6) is 0 Å². The maximum atomic E-state index is 5.17. The van der Waals surface area contributed by atoms with Crippen molar-refractivity contribution in [3.63, 3.8) is 0 Å². The largest absolute Gasteiger partial charge is 0.309 e. The summed E-state index contributed by atoms with van der Waals surface area (Å²) in [5.41, 5.74) is 12.8. The molecule has 4 nitrogen and oxygen atoms in total. The molecule has 0 unspecified atom stereocenters. The minimum absolute atomic E-state index is 0.692. The van der Waals surface area contributed by atoms with Gasteiger partial charge in [-0.2, -0.15) is 0 Å². The van der Waals surface area contributed by atoms with Crippen molar-refractivity contribution in [3.05, 3.63) is 222 Å². The molecule has 11 rings (SSSR count). The average molecular weight is 781 g/mol. The molecule has 0 bridgehead atoms. The van der Waals surface area contributed by atoms with Crippen LogP contribution in [0.3, 0.4) is 0 Å². The van der Waals surface area contributed by atoms with E-state index >= 15 is 0 Å². The van der Waals surface area contributed by atoms with Gasteiger partial charge in [0.2, 0.25) is 0 Å². The Kier molecular flexibility index (Phi) is 8.83. The number of aromatic nitrogens is 4.